The summed E-state index contributed by atoms with van der Waals surface area (Å²) in [6, 6.07) is 25.7. The van der Waals surface area contributed by atoms with Crippen LogP contribution in [0.4, 0.5) is 17.5 Å². The van der Waals surface area contributed by atoms with Crippen molar-refractivity contribution < 1.29 is 24.6 Å². The number of aromatic nitrogens is 5. The maximum absolute atomic E-state index is 13.6. The van der Waals surface area contributed by atoms with Crippen LogP contribution in [0.5, 0.6) is 11.5 Å². The summed E-state index contributed by atoms with van der Waals surface area (Å²) < 4.78 is 1.54. The zero-order valence-electron chi connectivity index (χ0n) is 41.6. The van der Waals surface area contributed by atoms with Crippen molar-refractivity contribution >= 4 is 45.9 Å². The highest BCUT2D eigenvalue weighted by Crippen LogP contribution is 2.37. The van der Waals surface area contributed by atoms with Gasteiger partial charge in [0, 0.05) is 126 Å². The molecule has 10 rings (SSSR count). The highest BCUT2D eigenvalue weighted by molar-refractivity contribution is 5.94. The fourth-order valence-corrected chi connectivity index (χ4v) is 11.0. The number of phenols is 2. The van der Waals surface area contributed by atoms with E-state index >= 15 is 0 Å². The Hall–Kier alpha value is -7.57. The van der Waals surface area contributed by atoms with Crippen molar-refractivity contribution in [2.75, 3.05) is 100 Å². The van der Waals surface area contributed by atoms with E-state index in [9.17, 15) is 24.6 Å². The largest absolute Gasteiger partial charge is 0.508 e. The van der Waals surface area contributed by atoms with Gasteiger partial charge in [0.15, 0.2) is 5.82 Å². The standard InChI is InChI=1S/C55H65N13O5/c1-3-39-32-44(48(70)33-47(39)69)53-60-61-54(51(56)73)68(53)41-14-12-37(13-15-41)34-62-24-26-63(27-25-62)35-38-17-21-64(22-18-38)50(72)16-20-57-55-58-45-36-67(46-11-7-9-40-8-5-6-10-42(40)46)23-19-43(45)52(59-55)66-30-28-65(29-31-66)49(71)4-2/h4-15,32-33,38,69-70H,2-3,16-31,34-36H2,1H3,(H2,56,73)(H,57,58,59). The zero-order chi connectivity index (χ0) is 50.6. The van der Waals surface area contributed by atoms with Crippen molar-refractivity contribution in [3.63, 3.8) is 0 Å². The van der Waals surface area contributed by atoms with E-state index in [0.717, 1.165) is 101 Å². The highest BCUT2D eigenvalue weighted by Gasteiger charge is 2.30. The third-order valence-electron chi connectivity index (χ3n) is 15.1. The summed E-state index contributed by atoms with van der Waals surface area (Å²) in [6.07, 6.45) is 5.05. The summed E-state index contributed by atoms with van der Waals surface area (Å²) in [7, 11) is 0. The van der Waals surface area contributed by atoms with E-state index in [0.29, 0.717) is 80.8 Å². The summed E-state index contributed by atoms with van der Waals surface area (Å²) in [5.74, 6) is 1.33. The number of primary amides is 1. The molecule has 0 spiro atoms. The van der Waals surface area contributed by atoms with E-state index < -0.39 is 5.91 Å². The van der Waals surface area contributed by atoms with Crippen molar-refractivity contribution in [2.24, 2.45) is 11.7 Å². The molecule has 0 aliphatic carbocycles. The van der Waals surface area contributed by atoms with Gasteiger partial charge in [0.2, 0.25) is 23.6 Å². The Labute approximate surface area is 425 Å². The Morgan fingerprint density at radius 2 is 1.53 bits per heavy atom. The third kappa shape index (κ3) is 10.7. The molecule has 73 heavy (non-hydrogen) atoms. The van der Waals surface area contributed by atoms with Crippen LogP contribution in [0.1, 0.15) is 59.2 Å². The minimum absolute atomic E-state index is 0.0169. The normalized spacial score (nSPS) is 16.9. The smallest absolute Gasteiger partial charge is 0.287 e. The lowest BCUT2D eigenvalue weighted by molar-refractivity contribution is -0.132. The number of piperidine rings is 1. The molecule has 3 saturated heterocycles. The summed E-state index contributed by atoms with van der Waals surface area (Å²) in [6.45, 7) is 17.2. The Balaban J connectivity index is 0.701. The van der Waals surface area contributed by atoms with Crippen molar-refractivity contribution in [3.8, 4) is 28.6 Å². The molecule has 0 radical (unpaired) electrons. The van der Waals surface area contributed by atoms with Crippen LogP contribution >= 0.6 is 0 Å². The van der Waals surface area contributed by atoms with Gasteiger partial charge in [-0.2, -0.15) is 4.98 Å². The molecule has 18 nitrogen and oxygen atoms in total. The number of aryl methyl sites for hydroxylation is 1. The summed E-state index contributed by atoms with van der Waals surface area (Å²) >= 11 is 0. The molecule has 4 aliphatic rings. The summed E-state index contributed by atoms with van der Waals surface area (Å²) in [4.78, 5) is 62.1. The van der Waals surface area contributed by atoms with E-state index in [4.69, 9.17) is 15.7 Å². The van der Waals surface area contributed by atoms with Gasteiger partial charge in [0.25, 0.3) is 5.91 Å². The predicted octanol–water partition coefficient (Wildman–Crippen LogP) is 5.21. The molecule has 18 heteroatoms. The van der Waals surface area contributed by atoms with Crippen LogP contribution in [0.15, 0.2) is 91.5 Å². The molecule has 0 bridgehead atoms. The second kappa shape index (κ2) is 21.6. The molecule has 4 aromatic carbocycles. The lowest BCUT2D eigenvalue weighted by Crippen LogP contribution is -2.49. The number of carbonyl (C=O) groups excluding carboxylic acids is 3. The van der Waals surface area contributed by atoms with Gasteiger partial charge in [-0.05, 0) is 78.5 Å². The number of rotatable bonds is 15. The van der Waals surface area contributed by atoms with E-state index in [2.05, 4.69) is 84.2 Å². The first kappa shape index (κ1) is 49.0. The molecule has 6 aromatic rings. The maximum Gasteiger partial charge on any atom is 0.287 e. The number of nitrogens with two attached hydrogens (primary N) is 1. The SMILES string of the molecule is C=CC(=O)N1CCN(c2nc(NCCC(=O)N3CCC(CN4CCN(Cc5ccc(-n6c(C(N)=O)nnc6-c6cc(CC)c(O)cc6O)cc5)CC4)CC3)nc3c2CCN(c2cccc4ccccc24)C3)CC1. The number of nitrogens with zero attached hydrogens (tertiary/aromatic N) is 11. The van der Waals surface area contributed by atoms with E-state index in [-0.39, 0.29) is 35.0 Å². The second-order valence-corrected chi connectivity index (χ2v) is 19.6. The maximum atomic E-state index is 13.6. The molecular formula is C55H65N13O5. The van der Waals surface area contributed by atoms with E-state index in [1.54, 1.807) is 6.07 Å². The number of piperazine rings is 2. The number of fused-ring (bicyclic) bond motifs is 2. The molecule has 6 heterocycles. The van der Waals surface area contributed by atoms with Crippen LogP contribution in [0.25, 0.3) is 27.8 Å². The summed E-state index contributed by atoms with van der Waals surface area (Å²) in [5.41, 5.74) is 11.7. The van der Waals surface area contributed by atoms with Gasteiger partial charge >= 0.3 is 0 Å². The molecular weight excluding hydrogens is 923 g/mol. The van der Waals surface area contributed by atoms with Crippen molar-refractivity contribution in [1.29, 1.82) is 0 Å². The molecule has 0 unspecified atom stereocenters. The Morgan fingerprint density at radius 3 is 2.27 bits per heavy atom. The first-order valence-corrected chi connectivity index (χ1v) is 25.7. The molecule has 3 amide bonds. The monoisotopic (exact) mass is 988 g/mol. The number of likely N-dealkylation sites (tertiary alicyclic amines) is 1. The number of anilines is 3. The average Bonchev–Trinajstić information content (AvgIpc) is 3.86. The molecule has 4 aliphatic heterocycles. The number of hydrogen-bond donors (Lipinski definition) is 4. The van der Waals surface area contributed by atoms with E-state index in [1.807, 2.05) is 41.0 Å². The third-order valence-corrected chi connectivity index (χ3v) is 15.1. The fraction of sp³-hybridized carbons (Fsp3) is 0.400. The molecule has 2 aromatic heterocycles. The van der Waals surface area contributed by atoms with Crippen molar-refractivity contribution in [1.82, 2.24) is 44.3 Å². The Kier molecular flexibility index (Phi) is 14.5. The number of hydrogen-bond acceptors (Lipinski definition) is 14. The summed E-state index contributed by atoms with van der Waals surface area (Å²) in [5, 5.41) is 35.1. The van der Waals surface area contributed by atoms with Crippen LogP contribution in [0.3, 0.4) is 0 Å². The second-order valence-electron chi connectivity index (χ2n) is 19.6. The van der Waals surface area contributed by atoms with Gasteiger partial charge in [-0.1, -0.05) is 62.0 Å². The van der Waals surface area contributed by atoms with Crippen LogP contribution in [-0.2, 0) is 35.5 Å². The molecule has 0 saturated carbocycles. The van der Waals surface area contributed by atoms with Gasteiger partial charge in [0.05, 0.1) is 17.8 Å². The first-order valence-electron chi connectivity index (χ1n) is 25.7. The van der Waals surface area contributed by atoms with E-state index in [1.165, 1.54) is 33.2 Å². The van der Waals surface area contributed by atoms with Crippen LogP contribution in [0.2, 0.25) is 0 Å². The minimum Gasteiger partial charge on any atom is -0.508 e. The molecule has 3 fully saturated rings. The average molecular weight is 988 g/mol. The van der Waals surface area contributed by atoms with Crippen molar-refractivity contribution in [2.45, 2.75) is 52.1 Å². The van der Waals surface area contributed by atoms with Gasteiger partial charge < -0.3 is 45.8 Å². The van der Waals surface area contributed by atoms with Crippen LogP contribution in [-0.4, -0.2) is 157 Å². The first-order chi connectivity index (χ1) is 35.5. The lowest BCUT2D eigenvalue weighted by atomic mass is 9.95. The fourth-order valence-electron chi connectivity index (χ4n) is 11.0. The number of carbonyl (C=O) groups is 3. The molecule has 0 atom stereocenters. The topological polar surface area (TPSA) is 206 Å². The predicted molar refractivity (Wildman–Crippen MR) is 282 cm³/mol. The lowest BCUT2D eigenvalue weighted by Gasteiger charge is -2.39. The van der Waals surface area contributed by atoms with Crippen LogP contribution in [0, 0.1) is 5.92 Å². The van der Waals surface area contributed by atoms with Gasteiger partial charge in [-0.3, -0.25) is 23.9 Å². The minimum atomic E-state index is -0.748. The van der Waals surface area contributed by atoms with Gasteiger partial charge in [-0.15, -0.1) is 10.2 Å². The molecule has 380 valence electrons. The highest BCUT2D eigenvalue weighted by atomic mass is 16.3. The Bertz CT molecular complexity index is 2990. The van der Waals surface area contributed by atoms with Gasteiger partial charge in [-0.25, -0.2) is 4.98 Å². The number of aromatic hydroxyl groups is 2. The number of benzene rings is 4. The molecule has 5 N–H and O–H groups in total. The number of nitrogens with one attached hydrogen (secondary N) is 1. The van der Waals surface area contributed by atoms with Gasteiger partial charge in [0.1, 0.15) is 17.3 Å². The zero-order valence-corrected chi connectivity index (χ0v) is 41.6. The van der Waals surface area contributed by atoms with Crippen molar-refractivity contribution in [3.05, 3.63) is 120 Å². The quantitative estimate of drug-likeness (QED) is 0.0977. The van der Waals surface area contributed by atoms with Crippen LogP contribution < -0.4 is 20.9 Å². The Morgan fingerprint density at radius 1 is 0.795 bits per heavy atom. The number of phenolic OH excluding ortho intramolecular Hbond substituents is 2. The number of amides is 3.